The lowest BCUT2D eigenvalue weighted by atomic mass is 10.1. The molecular weight excluding hydrogens is 393 g/mol. The minimum Gasteiger partial charge on any atom is -0.473 e. The van der Waals surface area contributed by atoms with Crippen LogP contribution in [-0.2, 0) is 13.2 Å². The van der Waals surface area contributed by atoms with E-state index in [0.29, 0.717) is 22.4 Å². The Kier molecular flexibility index (Phi) is 6.43. The van der Waals surface area contributed by atoms with Crippen molar-refractivity contribution in [2.75, 3.05) is 6.61 Å². The molecule has 0 unspecified atom stereocenters. The van der Waals surface area contributed by atoms with E-state index in [-0.39, 0.29) is 43.2 Å². The lowest BCUT2D eigenvalue weighted by molar-refractivity contribution is 0.0869. The van der Waals surface area contributed by atoms with Crippen LogP contribution in [0.15, 0.2) is 47.1 Å². The van der Waals surface area contributed by atoms with Crippen LogP contribution in [0.1, 0.15) is 35.5 Å². The maximum atomic E-state index is 13.2. The Morgan fingerprint density at radius 1 is 1.20 bits per heavy atom. The highest BCUT2D eigenvalue weighted by Gasteiger charge is 2.21. The van der Waals surface area contributed by atoms with Crippen molar-refractivity contribution in [2.45, 2.75) is 32.6 Å². The summed E-state index contributed by atoms with van der Waals surface area (Å²) in [6, 6.07) is 8.79. The number of aliphatic hydroxyl groups excluding tert-OH is 2. The van der Waals surface area contributed by atoms with Crippen molar-refractivity contribution in [3.05, 3.63) is 65.3 Å². The minimum absolute atomic E-state index is 0.00217. The van der Waals surface area contributed by atoms with Crippen molar-refractivity contribution in [3.63, 3.8) is 0 Å². The zero-order valence-corrected chi connectivity index (χ0v) is 16.6. The predicted molar refractivity (Wildman–Crippen MR) is 105 cm³/mol. The molecule has 2 aromatic heterocycles. The van der Waals surface area contributed by atoms with Crippen LogP contribution < -0.4 is 10.1 Å². The van der Waals surface area contributed by atoms with Gasteiger partial charge in [-0.3, -0.25) is 4.79 Å². The molecular formula is C21H22FN3O5. The first-order valence-corrected chi connectivity index (χ1v) is 9.19. The van der Waals surface area contributed by atoms with Crippen LogP contribution in [0.25, 0.3) is 11.3 Å². The van der Waals surface area contributed by atoms with Crippen LogP contribution in [0, 0.1) is 5.82 Å². The maximum absolute atomic E-state index is 13.2. The predicted octanol–water partition coefficient (Wildman–Crippen LogP) is 2.45. The van der Waals surface area contributed by atoms with Gasteiger partial charge in [-0.1, -0.05) is 5.16 Å². The van der Waals surface area contributed by atoms with Gasteiger partial charge in [-0.2, -0.15) is 0 Å². The van der Waals surface area contributed by atoms with Crippen molar-refractivity contribution >= 4 is 5.91 Å². The number of nitrogens with zero attached hydrogens (tertiary/aromatic N) is 2. The van der Waals surface area contributed by atoms with E-state index in [1.165, 1.54) is 24.4 Å². The molecule has 0 saturated carbocycles. The summed E-state index contributed by atoms with van der Waals surface area (Å²) in [5.74, 6) is -0.258. The third-order valence-electron chi connectivity index (χ3n) is 4.34. The lowest BCUT2D eigenvalue weighted by Crippen LogP contribution is -2.46. The van der Waals surface area contributed by atoms with Gasteiger partial charge in [-0.15, -0.1) is 0 Å². The Bertz CT molecular complexity index is 1000. The first kappa shape index (κ1) is 21.4. The van der Waals surface area contributed by atoms with Crippen LogP contribution in [0.3, 0.4) is 0 Å². The van der Waals surface area contributed by atoms with Gasteiger partial charge in [0, 0.05) is 17.8 Å². The molecule has 0 spiro atoms. The molecule has 0 fully saturated rings. The molecule has 2 heterocycles. The van der Waals surface area contributed by atoms with E-state index in [0.717, 1.165) is 0 Å². The summed E-state index contributed by atoms with van der Waals surface area (Å²) in [6.07, 6.45) is 1.36. The van der Waals surface area contributed by atoms with Crippen LogP contribution in [0.5, 0.6) is 5.88 Å². The number of carbonyl (C=O) groups is 1. The van der Waals surface area contributed by atoms with Gasteiger partial charge in [0.2, 0.25) is 5.88 Å². The van der Waals surface area contributed by atoms with E-state index in [9.17, 15) is 19.4 Å². The third-order valence-corrected chi connectivity index (χ3v) is 4.34. The average molecular weight is 415 g/mol. The number of amides is 1. The second kappa shape index (κ2) is 9.02. The molecule has 0 aliphatic rings. The van der Waals surface area contributed by atoms with Gasteiger partial charge in [0.05, 0.1) is 23.3 Å². The van der Waals surface area contributed by atoms with Crippen molar-refractivity contribution in [1.29, 1.82) is 0 Å². The first-order chi connectivity index (χ1) is 14.3. The highest BCUT2D eigenvalue weighted by Crippen LogP contribution is 2.27. The lowest BCUT2D eigenvalue weighted by Gasteiger charge is -2.23. The Morgan fingerprint density at radius 2 is 1.93 bits per heavy atom. The monoisotopic (exact) mass is 415 g/mol. The third kappa shape index (κ3) is 5.00. The number of carbonyl (C=O) groups excluding carboxylic acids is 1. The number of aliphatic hydroxyl groups is 2. The van der Waals surface area contributed by atoms with E-state index in [1.807, 2.05) is 0 Å². The highest BCUT2D eigenvalue weighted by atomic mass is 19.1. The molecule has 0 aliphatic carbocycles. The van der Waals surface area contributed by atoms with Crippen LogP contribution >= 0.6 is 0 Å². The Morgan fingerprint density at radius 3 is 2.53 bits per heavy atom. The van der Waals surface area contributed by atoms with E-state index < -0.39 is 5.54 Å². The smallest absolute Gasteiger partial charge is 0.253 e. The summed E-state index contributed by atoms with van der Waals surface area (Å²) in [6.45, 7) is 2.83. The molecule has 0 saturated heterocycles. The van der Waals surface area contributed by atoms with E-state index >= 15 is 0 Å². The number of nitrogens with one attached hydrogen (secondary N) is 1. The summed E-state index contributed by atoms with van der Waals surface area (Å²) in [5.41, 5.74) is 1.12. The van der Waals surface area contributed by atoms with Gasteiger partial charge in [0.25, 0.3) is 5.91 Å². The molecule has 1 amide bonds. The van der Waals surface area contributed by atoms with Gasteiger partial charge >= 0.3 is 0 Å². The molecule has 3 aromatic rings. The number of halogens is 1. The van der Waals surface area contributed by atoms with Crippen LogP contribution in [0.2, 0.25) is 0 Å². The van der Waals surface area contributed by atoms with E-state index in [2.05, 4.69) is 15.5 Å². The molecule has 3 N–H and O–H groups in total. The fraction of sp³-hybridized carbons (Fsp3) is 0.286. The number of hydrogen-bond acceptors (Lipinski definition) is 7. The van der Waals surface area contributed by atoms with Gasteiger partial charge < -0.3 is 24.8 Å². The fourth-order valence-electron chi connectivity index (χ4n) is 2.62. The topological polar surface area (TPSA) is 118 Å². The van der Waals surface area contributed by atoms with Crippen LogP contribution in [0.4, 0.5) is 4.39 Å². The molecule has 0 atom stereocenters. The van der Waals surface area contributed by atoms with Crippen molar-refractivity contribution in [3.8, 4) is 17.1 Å². The number of hydrogen-bond donors (Lipinski definition) is 3. The molecule has 3 rings (SSSR count). The highest BCUT2D eigenvalue weighted by molar-refractivity contribution is 5.94. The maximum Gasteiger partial charge on any atom is 0.253 e. The number of ether oxygens (including phenoxy) is 1. The average Bonchev–Trinajstić information content (AvgIpc) is 3.15. The molecule has 0 aliphatic heterocycles. The van der Waals surface area contributed by atoms with Gasteiger partial charge in [0.1, 0.15) is 24.7 Å². The van der Waals surface area contributed by atoms with Gasteiger partial charge in [-0.05, 0) is 44.2 Å². The number of pyridine rings is 1. The molecule has 158 valence electrons. The molecule has 30 heavy (non-hydrogen) atoms. The SMILES string of the molecule is CC(C)(CO)NC(=O)c1ccc(OCc2c(-c3ccc(F)cc3)noc2CO)nc1. The number of aromatic nitrogens is 2. The summed E-state index contributed by atoms with van der Waals surface area (Å²) in [7, 11) is 0. The number of benzene rings is 1. The van der Waals surface area contributed by atoms with Crippen molar-refractivity contribution in [1.82, 2.24) is 15.5 Å². The quantitative estimate of drug-likeness (QED) is 0.517. The van der Waals surface area contributed by atoms with Crippen molar-refractivity contribution < 1.29 is 28.7 Å². The zero-order valence-electron chi connectivity index (χ0n) is 16.6. The largest absolute Gasteiger partial charge is 0.473 e. The Labute approximate surface area is 172 Å². The summed E-state index contributed by atoms with van der Waals surface area (Å²) >= 11 is 0. The fourth-order valence-corrected chi connectivity index (χ4v) is 2.62. The first-order valence-electron chi connectivity index (χ1n) is 9.19. The standard InChI is InChI=1S/C21H22FN3O5/c1-21(2,12-27)24-20(28)14-5-8-18(23-9-14)29-11-16-17(10-26)30-25-19(16)13-3-6-15(22)7-4-13/h3-9,26-27H,10-12H2,1-2H3,(H,24,28). The van der Waals surface area contributed by atoms with Crippen LogP contribution in [-0.4, -0.2) is 38.4 Å². The molecule has 0 radical (unpaired) electrons. The normalized spacial score (nSPS) is 11.4. The second-order valence-corrected chi connectivity index (χ2v) is 7.27. The molecule has 1 aromatic carbocycles. The minimum atomic E-state index is -0.752. The number of rotatable bonds is 8. The molecule has 9 heteroatoms. The molecule has 8 nitrogen and oxygen atoms in total. The van der Waals surface area contributed by atoms with Gasteiger partial charge in [0.15, 0.2) is 5.76 Å². The summed E-state index contributed by atoms with van der Waals surface area (Å²) in [5, 5.41) is 25.4. The van der Waals surface area contributed by atoms with Crippen molar-refractivity contribution in [2.24, 2.45) is 0 Å². The van der Waals surface area contributed by atoms with E-state index in [1.54, 1.807) is 32.0 Å². The van der Waals surface area contributed by atoms with Gasteiger partial charge in [-0.25, -0.2) is 9.37 Å². The Balaban J connectivity index is 1.72. The summed E-state index contributed by atoms with van der Waals surface area (Å²) in [4.78, 5) is 16.3. The second-order valence-electron chi connectivity index (χ2n) is 7.27. The van der Waals surface area contributed by atoms with E-state index in [4.69, 9.17) is 9.26 Å². The summed E-state index contributed by atoms with van der Waals surface area (Å²) < 4.78 is 24.0. The molecule has 0 bridgehead atoms. The Hall–Kier alpha value is -3.30. The zero-order chi connectivity index (χ0) is 21.7.